The standard InChI is InChI=1S/C14H13NO2/c1-3-4-5-9-15-12-10(2)7-6-8-11(12)13(16)14(15)17/h6-8H,5,9H2,1-2H3. The number of benzene rings is 1. The molecule has 86 valence electrons. The van der Waals surface area contributed by atoms with Gasteiger partial charge in [-0.3, -0.25) is 9.59 Å². The van der Waals surface area contributed by atoms with Crippen LogP contribution in [0.4, 0.5) is 5.69 Å². The lowest BCUT2D eigenvalue weighted by Gasteiger charge is -2.16. The maximum absolute atomic E-state index is 11.8. The van der Waals surface area contributed by atoms with Gasteiger partial charge in [-0.05, 0) is 25.5 Å². The van der Waals surface area contributed by atoms with Crippen LogP contribution in [-0.4, -0.2) is 18.2 Å². The van der Waals surface area contributed by atoms with E-state index in [1.165, 1.54) is 4.90 Å². The van der Waals surface area contributed by atoms with Crippen molar-refractivity contribution in [2.24, 2.45) is 0 Å². The predicted octanol–water partition coefficient (Wildman–Crippen LogP) is 1.94. The number of carbonyl (C=O) groups is 2. The molecule has 0 N–H and O–H groups in total. The van der Waals surface area contributed by atoms with E-state index in [2.05, 4.69) is 11.8 Å². The molecule has 1 heterocycles. The third-order valence-electron chi connectivity index (χ3n) is 2.83. The summed E-state index contributed by atoms with van der Waals surface area (Å²) < 4.78 is 0. The van der Waals surface area contributed by atoms with E-state index in [4.69, 9.17) is 0 Å². The van der Waals surface area contributed by atoms with Gasteiger partial charge in [-0.25, -0.2) is 0 Å². The number of aryl methyl sites for hydroxylation is 1. The van der Waals surface area contributed by atoms with Crippen LogP contribution in [0.1, 0.15) is 29.3 Å². The van der Waals surface area contributed by atoms with Gasteiger partial charge in [0.2, 0.25) is 0 Å². The molecule has 1 aliphatic heterocycles. The number of nitrogens with zero attached hydrogens (tertiary/aromatic N) is 1. The van der Waals surface area contributed by atoms with Crippen LogP contribution in [0.3, 0.4) is 0 Å². The zero-order valence-corrected chi connectivity index (χ0v) is 9.91. The summed E-state index contributed by atoms with van der Waals surface area (Å²) in [5, 5.41) is 0. The van der Waals surface area contributed by atoms with E-state index in [0.29, 0.717) is 18.5 Å². The molecule has 2 rings (SSSR count). The highest BCUT2D eigenvalue weighted by Gasteiger charge is 2.36. The summed E-state index contributed by atoms with van der Waals surface area (Å²) in [6.45, 7) is 4.14. The monoisotopic (exact) mass is 227 g/mol. The fraction of sp³-hybridized carbons (Fsp3) is 0.286. The highest BCUT2D eigenvalue weighted by molar-refractivity contribution is 6.52. The lowest BCUT2D eigenvalue weighted by atomic mass is 10.1. The summed E-state index contributed by atoms with van der Waals surface area (Å²) in [7, 11) is 0. The van der Waals surface area contributed by atoms with Gasteiger partial charge in [-0.1, -0.05) is 12.1 Å². The summed E-state index contributed by atoms with van der Waals surface area (Å²) in [5.74, 6) is 4.84. The van der Waals surface area contributed by atoms with Gasteiger partial charge in [0.05, 0.1) is 11.3 Å². The van der Waals surface area contributed by atoms with Crippen LogP contribution in [-0.2, 0) is 4.79 Å². The zero-order valence-electron chi connectivity index (χ0n) is 9.91. The van der Waals surface area contributed by atoms with E-state index in [9.17, 15) is 9.59 Å². The molecular weight excluding hydrogens is 214 g/mol. The smallest absolute Gasteiger partial charge is 0.299 e. The average Bonchev–Trinajstić information content (AvgIpc) is 2.56. The van der Waals surface area contributed by atoms with Crippen molar-refractivity contribution in [2.75, 3.05) is 11.4 Å². The summed E-state index contributed by atoms with van der Waals surface area (Å²) in [6.07, 6.45) is 0.587. The SMILES string of the molecule is CC#CCCN1C(=O)C(=O)c2cccc(C)c21. The number of fused-ring (bicyclic) bond motifs is 1. The van der Waals surface area contributed by atoms with Gasteiger partial charge in [0.1, 0.15) is 0 Å². The fourth-order valence-electron chi connectivity index (χ4n) is 2.05. The average molecular weight is 227 g/mol. The first-order chi connectivity index (χ1) is 8.16. The van der Waals surface area contributed by atoms with Crippen molar-refractivity contribution in [2.45, 2.75) is 20.3 Å². The number of hydrogen-bond acceptors (Lipinski definition) is 2. The van der Waals surface area contributed by atoms with Gasteiger partial charge in [0, 0.05) is 13.0 Å². The van der Waals surface area contributed by atoms with Crippen LogP contribution in [0.5, 0.6) is 0 Å². The number of para-hydroxylation sites is 1. The first-order valence-corrected chi connectivity index (χ1v) is 5.52. The Kier molecular flexibility index (Phi) is 2.97. The summed E-state index contributed by atoms with van der Waals surface area (Å²) in [4.78, 5) is 25.1. The first kappa shape index (κ1) is 11.4. The molecule has 3 heteroatoms. The van der Waals surface area contributed by atoms with Crippen LogP contribution < -0.4 is 4.90 Å². The maximum atomic E-state index is 11.8. The Labute approximate surface area is 100 Å². The van der Waals surface area contributed by atoms with Gasteiger partial charge >= 0.3 is 0 Å². The molecule has 0 aliphatic carbocycles. The molecule has 0 saturated heterocycles. The zero-order chi connectivity index (χ0) is 12.4. The molecule has 3 nitrogen and oxygen atoms in total. The lowest BCUT2D eigenvalue weighted by molar-refractivity contribution is -0.114. The Hall–Kier alpha value is -2.08. The van der Waals surface area contributed by atoms with Crippen LogP contribution in [0.15, 0.2) is 18.2 Å². The number of amides is 1. The maximum Gasteiger partial charge on any atom is 0.299 e. The topological polar surface area (TPSA) is 37.4 Å². The minimum atomic E-state index is -0.438. The first-order valence-electron chi connectivity index (χ1n) is 5.52. The van der Waals surface area contributed by atoms with Crippen molar-refractivity contribution < 1.29 is 9.59 Å². The Bertz CT molecular complexity index is 549. The van der Waals surface area contributed by atoms with Gasteiger partial charge in [0.25, 0.3) is 11.7 Å². The second kappa shape index (κ2) is 4.42. The number of hydrogen-bond donors (Lipinski definition) is 0. The number of ketones is 1. The molecule has 1 aromatic rings. The highest BCUT2D eigenvalue weighted by atomic mass is 16.2. The minimum Gasteiger partial charge on any atom is -0.304 e. The van der Waals surface area contributed by atoms with E-state index in [1.807, 2.05) is 13.0 Å². The van der Waals surface area contributed by atoms with Crippen molar-refractivity contribution in [3.63, 3.8) is 0 Å². The molecule has 1 aliphatic rings. The van der Waals surface area contributed by atoms with Crippen molar-refractivity contribution in [1.82, 2.24) is 0 Å². The lowest BCUT2D eigenvalue weighted by Crippen LogP contribution is -2.30. The number of Topliss-reactive ketones (excluding diaryl/α,β-unsaturated/α-hetero) is 1. The molecule has 0 fully saturated rings. The Balaban J connectivity index is 2.38. The Morgan fingerprint density at radius 1 is 1.29 bits per heavy atom. The normalized spacial score (nSPS) is 13.4. The summed E-state index contributed by atoms with van der Waals surface area (Å²) in [6, 6.07) is 5.41. The molecule has 1 amide bonds. The minimum absolute atomic E-state index is 0.409. The fourth-order valence-corrected chi connectivity index (χ4v) is 2.05. The van der Waals surface area contributed by atoms with Gasteiger partial charge in [-0.15, -0.1) is 11.8 Å². The van der Waals surface area contributed by atoms with Crippen molar-refractivity contribution in [3.8, 4) is 11.8 Å². The van der Waals surface area contributed by atoms with Gasteiger partial charge in [-0.2, -0.15) is 0 Å². The predicted molar refractivity (Wildman–Crippen MR) is 65.9 cm³/mol. The molecule has 0 bridgehead atoms. The molecule has 0 aromatic heterocycles. The Morgan fingerprint density at radius 2 is 2.06 bits per heavy atom. The third kappa shape index (κ3) is 1.83. The van der Waals surface area contributed by atoms with Crippen molar-refractivity contribution in [1.29, 1.82) is 0 Å². The highest BCUT2D eigenvalue weighted by Crippen LogP contribution is 2.31. The molecular formula is C14H13NO2. The van der Waals surface area contributed by atoms with E-state index in [1.54, 1.807) is 19.1 Å². The number of rotatable bonds is 2. The van der Waals surface area contributed by atoms with Crippen molar-refractivity contribution >= 4 is 17.4 Å². The summed E-state index contributed by atoms with van der Waals surface area (Å²) >= 11 is 0. The van der Waals surface area contributed by atoms with E-state index in [-0.39, 0.29) is 0 Å². The molecule has 0 saturated carbocycles. The molecule has 1 aromatic carbocycles. The van der Waals surface area contributed by atoms with Crippen LogP contribution in [0.2, 0.25) is 0 Å². The van der Waals surface area contributed by atoms with E-state index >= 15 is 0 Å². The van der Waals surface area contributed by atoms with Gasteiger partial charge in [0.15, 0.2) is 0 Å². The Morgan fingerprint density at radius 3 is 2.76 bits per heavy atom. The summed E-state index contributed by atoms with van der Waals surface area (Å²) in [5.41, 5.74) is 2.21. The molecule has 0 radical (unpaired) electrons. The second-order valence-corrected chi connectivity index (χ2v) is 3.93. The van der Waals surface area contributed by atoms with Crippen molar-refractivity contribution in [3.05, 3.63) is 29.3 Å². The quantitative estimate of drug-likeness (QED) is 0.572. The second-order valence-electron chi connectivity index (χ2n) is 3.93. The number of anilines is 1. The van der Waals surface area contributed by atoms with Gasteiger partial charge < -0.3 is 4.90 Å². The third-order valence-corrected chi connectivity index (χ3v) is 2.83. The largest absolute Gasteiger partial charge is 0.304 e. The van der Waals surface area contributed by atoms with Crippen LogP contribution in [0.25, 0.3) is 0 Å². The molecule has 0 atom stereocenters. The molecule has 17 heavy (non-hydrogen) atoms. The molecule has 0 spiro atoms. The van der Waals surface area contributed by atoms with Crippen LogP contribution in [0, 0.1) is 18.8 Å². The van der Waals surface area contributed by atoms with Crippen LogP contribution >= 0.6 is 0 Å². The van der Waals surface area contributed by atoms with E-state index in [0.717, 1.165) is 11.3 Å². The number of carbonyl (C=O) groups excluding carboxylic acids is 2. The van der Waals surface area contributed by atoms with E-state index < -0.39 is 11.7 Å². The molecule has 0 unspecified atom stereocenters.